The Morgan fingerprint density at radius 3 is 2.90 bits per heavy atom. The van der Waals surface area contributed by atoms with Crippen LogP contribution in [0.1, 0.15) is 34.8 Å². The summed E-state index contributed by atoms with van der Waals surface area (Å²) in [5, 5.41) is 5.22. The summed E-state index contributed by atoms with van der Waals surface area (Å²) < 4.78 is 1.89. The summed E-state index contributed by atoms with van der Waals surface area (Å²) in [7, 11) is 0. The summed E-state index contributed by atoms with van der Waals surface area (Å²) in [6.07, 6.45) is 1.74. The van der Waals surface area contributed by atoms with E-state index < -0.39 is 0 Å². The lowest BCUT2D eigenvalue weighted by Crippen LogP contribution is -2.27. The van der Waals surface area contributed by atoms with Crippen LogP contribution in [0.15, 0.2) is 29.8 Å². The molecular weight excluding hydrogens is 286 g/mol. The monoisotopic (exact) mass is 301 g/mol. The summed E-state index contributed by atoms with van der Waals surface area (Å²) in [5.74, 6) is -0.225. The van der Waals surface area contributed by atoms with Gasteiger partial charge < -0.3 is 15.5 Å². The van der Waals surface area contributed by atoms with Gasteiger partial charge in [0.05, 0.1) is 11.7 Å². The van der Waals surface area contributed by atoms with Crippen LogP contribution in [0.5, 0.6) is 0 Å². The van der Waals surface area contributed by atoms with E-state index in [0.29, 0.717) is 10.8 Å². The highest BCUT2D eigenvalue weighted by Gasteiger charge is 2.16. The standard InChI is InChI=1S/C14H15N5OS/c1-8-4-3-5-12-17-10(6-19(8)12)13(20)16-9(2)11-7-21-14(15)18-11/h3-7,9H,1-2H3,(H2,15,18)(H,16,20). The molecule has 0 spiro atoms. The first-order chi connectivity index (χ1) is 10.0. The summed E-state index contributed by atoms with van der Waals surface area (Å²) in [5.41, 5.74) is 8.53. The lowest BCUT2D eigenvalue weighted by Gasteiger charge is -2.09. The molecule has 7 heteroatoms. The molecule has 1 unspecified atom stereocenters. The summed E-state index contributed by atoms with van der Waals surface area (Å²) in [4.78, 5) is 20.8. The number of nitrogens with zero attached hydrogens (tertiary/aromatic N) is 3. The molecule has 0 bridgehead atoms. The highest BCUT2D eigenvalue weighted by atomic mass is 32.1. The Bertz CT molecular complexity index is 807. The van der Waals surface area contributed by atoms with Gasteiger partial charge >= 0.3 is 0 Å². The largest absolute Gasteiger partial charge is 0.375 e. The fourth-order valence-corrected chi connectivity index (χ4v) is 2.76. The molecule has 6 nitrogen and oxygen atoms in total. The van der Waals surface area contributed by atoms with Crippen LogP contribution in [0.2, 0.25) is 0 Å². The number of pyridine rings is 1. The van der Waals surface area contributed by atoms with Crippen molar-refractivity contribution in [2.24, 2.45) is 0 Å². The summed E-state index contributed by atoms with van der Waals surface area (Å²) in [6.45, 7) is 3.84. The number of thiazole rings is 1. The Kier molecular flexibility index (Phi) is 3.34. The van der Waals surface area contributed by atoms with Crippen molar-refractivity contribution in [2.45, 2.75) is 19.9 Å². The number of aryl methyl sites for hydroxylation is 1. The summed E-state index contributed by atoms with van der Waals surface area (Å²) in [6, 6.07) is 5.54. The van der Waals surface area contributed by atoms with Gasteiger partial charge in [0.2, 0.25) is 0 Å². The molecule has 3 rings (SSSR count). The third-order valence-electron chi connectivity index (χ3n) is 3.26. The predicted molar refractivity (Wildman–Crippen MR) is 82.3 cm³/mol. The van der Waals surface area contributed by atoms with E-state index in [2.05, 4.69) is 15.3 Å². The van der Waals surface area contributed by atoms with Crippen LogP contribution >= 0.6 is 11.3 Å². The SMILES string of the molecule is Cc1cccc2nc(C(=O)NC(C)c3csc(N)n3)cn12. The average molecular weight is 301 g/mol. The molecule has 21 heavy (non-hydrogen) atoms. The molecule has 3 aromatic rings. The van der Waals surface area contributed by atoms with Gasteiger partial charge in [-0.15, -0.1) is 11.3 Å². The van der Waals surface area contributed by atoms with Crippen molar-refractivity contribution in [3.05, 3.63) is 46.9 Å². The number of carbonyl (C=O) groups excluding carboxylic acids is 1. The molecule has 0 aliphatic heterocycles. The molecular formula is C14H15N5OS. The smallest absolute Gasteiger partial charge is 0.272 e. The third-order valence-corrected chi connectivity index (χ3v) is 3.95. The van der Waals surface area contributed by atoms with Gasteiger partial charge in [0.1, 0.15) is 11.3 Å². The minimum atomic E-state index is -0.225. The number of imidazole rings is 1. The molecule has 1 atom stereocenters. The van der Waals surface area contributed by atoms with E-state index in [0.717, 1.165) is 17.0 Å². The fraction of sp³-hybridized carbons (Fsp3) is 0.214. The topological polar surface area (TPSA) is 85.3 Å². The van der Waals surface area contributed by atoms with Crippen molar-refractivity contribution in [3.8, 4) is 0 Å². The molecule has 0 aliphatic carbocycles. The third kappa shape index (κ3) is 2.59. The van der Waals surface area contributed by atoms with Gasteiger partial charge in [-0.1, -0.05) is 6.07 Å². The van der Waals surface area contributed by atoms with Gasteiger partial charge in [-0.2, -0.15) is 0 Å². The first-order valence-corrected chi connectivity index (χ1v) is 7.39. The highest BCUT2D eigenvalue weighted by Crippen LogP contribution is 2.18. The number of nitrogens with two attached hydrogens (primary N) is 1. The van der Waals surface area contributed by atoms with Crippen molar-refractivity contribution in [1.82, 2.24) is 19.7 Å². The molecule has 3 heterocycles. The van der Waals surface area contributed by atoms with Crippen molar-refractivity contribution in [3.63, 3.8) is 0 Å². The second-order valence-corrected chi connectivity index (χ2v) is 5.72. The van der Waals surface area contributed by atoms with Crippen LogP contribution in [0, 0.1) is 6.92 Å². The fourth-order valence-electron chi connectivity index (χ4n) is 2.10. The van der Waals surface area contributed by atoms with Crippen molar-refractivity contribution in [1.29, 1.82) is 0 Å². The Balaban J connectivity index is 1.82. The molecule has 0 radical (unpaired) electrons. The zero-order valence-corrected chi connectivity index (χ0v) is 12.5. The second kappa shape index (κ2) is 5.17. The normalized spacial score (nSPS) is 12.5. The number of hydrogen-bond acceptors (Lipinski definition) is 5. The molecule has 108 valence electrons. The Hall–Kier alpha value is -2.41. The average Bonchev–Trinajstić information content (AvgIpc) is 3.05. The predicted octanol–water partition coefficient (Wildman–Crippen LogP) is 2.17. The molecule has 3 N–H and O–H groups in total. The van der Waals surface area contributed by atoms with E-state index in [1.807, 2.05) is 41.8 Å². The number of hydrogen-bond donors (Lipinski definition) is 2. The number of nitrogens with one attached hydrogen (secondary N) is 1. The maximum atomic E-state index is 12.3. The Labute approximate surface area is 125 Å². The van der Waals surface area contributed by atoms with Crippen molar-refractivity contribution >= 4 is 28.0 Å². The number of nitrogen functional groups attached to an aromatic ring is 1. The minimum Gasteiger partial charge on any atom is -0.375 e. The molecule has 0 aromatic carbocycles. The Morgan fingerprint density at radius 1 is 1.43 bits per heavy atom. The van der Waals surface area contributed by atoms with Gasteiger partial charge in [-0.3, -0.25) is 4.79 Å². The zero-order chi connectivity index (χ0) is 15.0. The van der Waals surface area contributed by atoms with E-state index in [9.17, 15) is 4.79 Å². The number of carbonyl (C=O) groups is 1. The van der Waals surface area contributed by atoms with E-state index in [4.69, 9.17) is 5.73 Å². The second-order valence-electron chi connectivity index (χ2n) is 4.83. The summed E-state index contributed by atoms with van der Waals surface area (Å²) >= 11 is 1.36. The lowest BCUT2D eigenvalue weighted by atomic mass is 10.2. The lowest BCUT2D eigenvalue weighted by molar-refractivity contribution is 0.0935. The number of rotatable bonds is 3. The van der Waals surface area contributed by atoms with Gasteiger partial charge in [0, 0.05) is 17.3 Å². The number of fused-ring (bicyclic) bond motifs is 1. The van der Waals surface area contributed by atoms with Gasteiger partial charge in [0.15, 0.2) is 5.13 Å². The minimum absolute atomic E-state index is 0.211. The molecule has 0 saturated carbocycles. The van der Waals surface area contributed by atoms with Crippen molar-refractivity contribution in [2.75, 3.05) is 5.73 Å². The molecule has 0 fully saturated rings. The van der Waals surface area contributed by atoms with E-state index in [-0.39, 0.29) is 11.9 Å². The Morgan fingerprint density at radius 2 is 2.24 bits per heavy atom. The first-order valence-electron chi connectivity index (χ1n) is 6.51. The number of amides is 1. The number of aromatic nitrogens is 3. The maximum Gasteiger partial charge on any atom is 0.272 e. The highest BCUT2D eigenvalue weighted by molar-refractivity contribution is 7.13. The van der Waals surface area contributed by atoms with Crippen LogP contribution in [0.3, 0.4) is 0 Å². The first kappa shape index (κ1) is 13.6. The quantitative estimate of drug-likeness (QED) is 0.776. The van der Waals surface area contributed by atoms with Crippen LogP contribution in [-0.4, -0.2) is 20.3 Å². The van der Waals surface area contributed by atoms with Crippen LogP contribution < -0.4 is 11.1 Å². The zero-order valence-electron chi connectivity index (χ0n) is 11.7. The van der Waals surface area contributed by atoms with Crippen LogP contribution in [0.25, 0.3) is 5.65 Å². The molecule has 1 amide bonds. The molecule has 0 aliphatic rings. The van der Waals surface area contributed by atoms with Crippen LogP contribution in [-0.2, 0) is 0 Å². The van der Waals surface area contributed by atoms with Gasteiger partial charge in [-0.25, -0.2) is 9.97 Å². The van der Waals surface area contributed by atoms with Crippen molar-refractivity contribution < 1.29 is 4.79 Å². The molecule has 0 saturated heterocycles. The number of anilines is 1. The van der Waals surface area contributed by atoms with E-state index >= 15 is 0 Å². The van der Waals surface area contributed by atoms with E-state index in [1.54, 1.807) is 6.20 Å². The van der Waals surface area contributed by atoms with Crippen LogP contribution in [0.4, 0.5) is 5.13 Å². The maximum absolute atomic E-state index is 12.3. The molecule has 3 aromatic heterocycles. The van der Waals surface area contributed by atoms with Gasteiger partial charge in [0.25, 0.3) is 5.91 Å². The van der Waals surface area contributed by atoms with Gasteiger partial charge in [-0.05, 0) is 26.0 Å². The van der Waals surface area contributed by atoms with E-state index in [1.165, 1.54) is 11.3 Å².